The summed E-state index contributed by atoms with van der Waals surface area (Å²) < 4.78 is 0. The molecule has 0 amide bonds. The first-order valence-corrected chi connectivity index (χ1v) is 19.9. The lowest BCUT2D eigenvalue weighted by atomic mass is 9.74. The van der Waals surface area contributed by atoms with Crippen molar-refractivity contribution in [2.24, 2.45) is 17.3 Å². The van der Waals surface area contributed by atoms with Gasteiger partial charge in [-0.3, -0.25) is 4.79 Å². The van der Waals surface area contributed by atoms with E-state index >= 15 is 0 Å². The molecule has 4 unspecified atom stereocenters. The van der Waals surface area contributed by atoms with Crippen LogP contribution in [-0.2, 0) is 4.79 Å². The normalized spacial score (nSPS) is 22.3. The van der Waals surface area contributed by atoms with Crippen LogP contribution >= 0.6 is 0 Å². The van der Waals surface area contributed by atoms with Gasteiger partial charge in [0, 0.05) is 42.3 Å². The fourth-order valence-corrected chi connectivity index (χ4v) is 8.08. The third-order valence-corrected chi connectivity index (χ3v) is 11.4. The molecule has 5 N–H and O–H groups in total. The number of rotatable bonds is 24. The maximum atomic E-state index is 13.6. The van der Waals surface area contributed by atoms with E-state index in [0.29, 0.717) is 23.6 Å². The lowest BCUT2D eigenvalue weighted by Gasteiger charge is -2.45. The van der Waals surface area contributed by atoms with Crippen molar-refractivity contribution in [3.05, 3.63) is 61.5 Å². The maximum absolute atomic E-state index is 13.6. The van der Waals surface area contributed by atoms with Crippen molar-refractivity contribution in [3.63, 3.8) is 0 Å². The number of carbonyl (C=O) groups excluding carboxylic acids is 1. The number of ketones is 1. The van der Waals surface area contributed by atoms with Gasteiger partial charge in [-0.05, 0) is 75.0 Å². The zero-order valence-electron chi connectivity index (χ0n) is 32.5. The van der Waals surface area contributed by atoms with E-state index in [2.05, 4.69) is 99.3 Å². The number of likely N-dealkylation sites (tertiary alicyclic amines) is 1. The predicted octanol–water partition coefficient (Wildman–Crippen LogP) is 8.41. The molecule has 0 spiro atoms. The molecule has 1 saturated heterocycles. The van der Waals surface area contributed by atoms with Gasteiger partial charge >= 0.3 is 0 Å². The van der Waals surface area contributed by atoms with E-state index in [1.54, 1.807) is 0 Å². The quantitative estimate of drug-likeness (QED) is 0.0518. The number of nitrogens with zero attached hydrogens (tertiary/aromatic N) is 1. The van der Waals surface area contributed by atoms with Gasteiger partial charge in [0.25, 0.3) is 0 Å². The van der Waals surface area contributed by atoms with E-state index in [1.807, 2.05) is 0 Å². The molecule has 1 heterocycles. The summed E-state index contributed by atoms with van der Waals surface area (Å²) in [6.45, 7) is 37.9. The second-order valence-corrected chi connectivity index (χ2v) is 16.0. The molecule has 0 aromatic rings. The van der Waals surface area contributed by atoms with Crippen LogP contribution in [0, 0.1) is 17.3 Å². The van der Waals surface area contributed by atoms with E-state index in [0.717, 1.165) is 107 Å². The largest absolute Gasteiger partial charge is 0.389 e. The van der Waals surface area contributed by atoms with Gasteiger partial charge in [-0.1, -0.05) is 113 Å². The number of allylic oxidation sites excluding steroid dienone is 1. The highest BCUT2D eigenvalue weighted by molar-refractivity contribution is 5.98. The number of carbonyl (C=O) groups is 1. The van der Waals surface area contributed by atoms with Crippen molar-refractivity contribution in [2.75, 3.05) is 13.1 Å². The summed E-state index contributed by atoms with van der Waals surface area (Å²) in [4.78, 5) is 16.1. The minimum absolute atomic E-state index is 0.0288. The van der Waals surface area contributed by atoms with Crippen molar-refractivity contribution < 1.29 is 4.79 Å². The van der Waals surface area contributed by atoms with Crippen LogP contribution in [0.2, 0.25) is 0 Å². The summed E-state index contributed by atoms with van der Waals surface area (Å²) >= 11 is 0. The molecular formula is C42H74N6O. The minimum atomic E-state index is -0.331. The summed E-state index contributed by atoms with van der Waals surface area (Å²) in [5, 5.41) is 18.2. The summed E-state index contributed by atoms with van der Waals surface area (Å²) in [6, 6.07) is 0.446. The highest BCUT2D eigenvalue weighted by Crippen LogP contribution is 2.43. The fourth-order valence-electron chi connectivity index (χ4n) is 8.08. The van der Waals surface area contributed by atoms with Gasteiger partial charge in [0.15, 0.2) is 5.78 Å². The molecule has 0 aromatic heterocycles. The SMILES string of the molecule is C=C(CCC(NC(=C)NC(C(=C)N1CC[C@H](CC)C1C(=C)NC(CCC)C(=O)C(=C)NC1CC1)C1(C)CCCCCC1)C(C)C)NCCC. The number of Topliss-reactive ketones (excluding diaryl/α,β-unsaturated/α-hetero) is 1. The zero-order chi connectivity index (χ0) is 36.1. The van der Waals surface area contributed by atoms with E-state index in [-0.39, 0.29) is 35.4 Å². The van der Waals surface area contributed by atoms with Crippen molar-refractivity contribution in [1.82, 2.24) is 31.5 Å². The lowest BCUT2D eigenvalue weighted by molar-refractivity contribution is -0.117. The molecule has 2 aliphatic carbocycles. The van der Waals surface area contributed by atoms with Crippen molar-refractivity contribution in [1.29, 1.82) is 0 Å². The third kappa shape index (κ3) is 11.9. The van der Waals surface area contributed by atoms with Crippen LogP contribution in [0.3, 0.4) is 0 Å². The Labute approximate surface area is 301 Å². The molecule has 278 valence electrons. The molecule has 0 radical (unpaired) electrons. The minimum Gasteiger partial charge on any atom is -0.389 e. The summed E-state index contributed by atoms with van der Waals surface area (Å²) in [6.07, 6.45) is 16.4. The van der Waals surface area contributed by atoms with Crippen LogP contribution < -0.4 is 26.6 Å². The molecular weight excluding hydrogens is 605 g/mol. The van der Waals surface area contributed by atoms with Crippen LogP contribution in [-0.4, -0.2) is 54.0 Å². The molecule has 3 fully saturated rings. The Morgan fingerprint density at radius 1 is 0.878 bits per heavy atom. The first-order valence-electron chi connectivity index (χ1n) is 19.9. The fraction of sp³-hybridized carbons (Fsp3) is 0.738. The molecule has 49 heavy (non-hydrogen) atoms. The average molecular weight is 679 g/mol. The van der Waals surface area contributed by atoms with Crippen LogP contribution in [0.15, 0.2) is 61.5 Å². The Bertz CT molecular complexity index is 1130. The Balaban J connectivity index is 1.82. The van der Waals surface area contributed by atoms with Crippen LogP contribution in [0.1, 0.15) is 138 Å². The third-order valence-electron chi connectivity index (χ3n) is 11.4. The predicted molar refractivity (Wildman–Crippen MR) is 210 cm³/mol. The Morgan fingerprint density at radius 2 is 1.55 bits per heavy atom. The Morgan fingerprint density at radius 3 is 2.12 bits per heavy atom. The topological polar surface area (TPSA) is 80.5 Å². The number of hydrogen-bond acceptors (Lipinski definition) is 7. The lowest BCUT2D eigenvalue weighted by Crippen LogP contribution is -2.53. The monoisotopic (exact) mass is 679 g/mol. The van der Waals surface area contributed by atoms with E-state index < -0.39 is 0 Å². The van der Waals surface area contributed by atoms with Gasteiger partial charge in [0.1, 0.15) is 0 Å². The van der Waals surface area contributed by atoms with Gasteiger partial charge in [-0.15, -0.1) is 0 Å². The molecule has 3 rings (SSSR count). The highest BCUT2D eigenvalue weighted by Gasteiger charge is 2.44. The first kappa shape index (κ1) is 40.6. The van der Waals surface area contributed by atoms with E-state index in [9.17, 15) is 4.79 Å². The smallest absolute Gasteiger partial charge is 0.200 e. The Kier molecular flexibility index (Phi) is 16.2. The molecule has 2 saturated carbocycles. The summed E-state index contributed by atoms with van der Waals surface area (Å²) in [5.41, 5.74) is 3.72. The second kappa shape index (κ2) is 19.5. The van der Waals surface area contributed by atoms with E-state index in [4.69, 9.17) is 6.58 Å². The average Bonchev–Trinajstić information content (AvgIpc) is 3.83. The highest BCUT2D eigenvalue weighted by atomic mass is 16.1. The van der Waals surface area contributed by atoms with E-state index in [1.165, 1.54) is 25.7 Å². The van der Waals surface area contributed by atoms with Crippen LogP contribution in [0.5, 0.6) is 0 Å². The van der Waals surface area contributed by atoms with Gasteiger partial charge < -0.3 is 31.5 Å². The molecule has 7 heteroatoms. The molecule has 1 aliphatic heterocycles. The molecule has 5 atom stereocenters. The van der Waals surface area contributed by atoms with Crippen molar-refractivity contribution in [3.8, 4) is 0 Å². The molecule has 0 bridgehead atoms. The first-order chi connectivity index (χ1) is 23.3. The second-order valence-electron chi connectivity index (χ2n) is 16.0. The summed E-state index contributed by atoms with van der Waals surface area (Å²) in [7, 11) is 0. The van der Waals surface area contributed by atoms with Gasteiger partial charge in [0.05, 0.1) is 29.6 Å². The van der Waals surface area contributed by atoms with Gasteiger partial charge in [-0.2, -0.15) is 0 Å². The zero-order valence-corrected chi connectivity index (χ0v) is 32.5. The number of nitrogens with one attached hydrogen (secondary N) is 5. The van der Waals surface area contributed by atoms with Crippen molar-refractivity contribution >= 4 is 5.78 Å². The molecule has 3 aliphatic rings. The van der Waals surface area contributed by atoms with Crippen LogP contribution in [0.25, 0.3) is 0 Å². The van der Waals surface area contributed by atoms with Gasteiger partial charge in [0.2, 0.25) is 0 Å². The maximum Gasteiger partial charge on any atom is 0.200 e. The summed E-state index contributed by atoms with van der Waals surface area (Å²) in [5.74, 6) is 1.82. The Hall–Kier alpha value is -2.83. The standard InChI is InChI=1S/C42H74N6O/c1-12-19-38(40(49)32(8)44-36-21-22-36)45-31(7)39-35(14-3)24-28-48(39)33(9)41(42(11)25-17-15-16-18-26-42)47-34(10)46-37(29(4)5)23-20-30(6)43-27-13-2/h29,35-39,41,43-47H,6-10,12-28H2,1-5,11H3/t35-,37?,38?,39?,41?/m0/s1. The van der Waals surface area contributed by atoms with Gasteiger partial charge in [-0.25, -0.2) is 0 Å². The van der Waals surface area contributed by atoms with Crippen LogP contribution in [0.4, 0.5) is 0 Å². The molecule has 7 nitrogen and oxygen atoms in total. The number of hydrogen-bond donors (Lipinski definition) is 5. The molecule has 0 aromatic carbocycles. The van der Waals surface area contributed by atoms with Crippen molar-refractivity contribution in [2.45, 2.75) is 168 Å².